The molecule has 2 aromatic rings. The molecule has 0 spiro atoms. The van der Waals surface area contributed by atoms with Gasteiger partial charge < -0.3 is 14.8 Å². The quantitative estimate of drug-likeness (QED) is 0.863. The van der Waals surface area contributed by atoms with Gasteiger partial charge in [0.25, 0.3) is 0 Å². The molecule has 0 unspecified atom stereocenters. The van der Waals surface area contributed by atoms with Gasteiger partial charge in [-0.1, -0.05) is 23.2 Å². The number of hydrogen-bond donors (Lipinski definition) is 1. The second-order valence-electron chi connectivity index (χ2n) is 4.07. The van der Waals surface area contributed by atoms with Gasteiger partial charge in [-0.2, -0.15) is 4.98 Å². The van der Waals surface area contributed by atoms with Gasteiger partial charge in [0.2, 0.25) is 5.88 Å². The predicted molar refractivity (Wildman–Crippen MR) is 83.4 cm³/mol. The fourth-order valence-electron chi connectivity index (χ4n) is 1.58. The van der Waals surface area contributed by atoms with E-state index < -0.39 is 0 Å². The molecule has 0 amide bonds. The fourth-order valence-corrected chi connectivity index (χ4v) is 2.03. The standard InChI is InChI=1S/C14H15Cl2N3O2/c1-3-20-8-13-18-12(17-2)7-14(19-13)21-11-5-4-9(15)6-10(11)16/h4-7H,3,8H2,1-2H3,(H,17,18,19). The van der Waals surface area contributed by atoms with E-state index in [1.807, 2.05) is 6.92 Å². The molecular weight excluding hydrogens is 313 g/mol. The first-order chi connectivity index (χ1) is 10.1. The Bertz CT molecular complexity index is 623. The molecule has 1 aromatic heterocycles. The lowest BCUT2D eigenvalue weighted by atomic mass is 10.3. The normalized spacial score (nSPS) is 10.5. The molecule has 0 fully saturated rings. The van der Waals surface area contributed by atoms with Gasteiger partial charge in [0.1, 0.15) is 18.2 Å². The maximum atomic E-state index is 6.08. The predicted octanol–water partition coefficient (Wildman–Crippen LogP) is 4.15. The Hall–Kier alpha value is -1.56. The minimum absolute atomic E-state index is 0.316. The maximum absolute atomic E-state index is 6.08. The minimum atomic E-state index is 0.316. The van der Waals surface area contributed by atoms with Gasteiger partial charge >= 0.3 is 0 Å². The summed E-state index contributed by atoms with van der Waals surface area (Å²) in [7, 11) is 1.77. The lowest BCUT2D eigenvalue weighted by Gasteiger charge is -2.10. The van der Waals surface area contributed by atoms with E-state index in [1.54, 1.807) is 31.3 Å². The monoisotopic (exact) mass is 327 g/mol. The van der Waals surface area contributed by atoms with Crippen molar-refractivity contribution in [1.82, 2.24) is 9.97 Å². The van der Waals surface area contributed by atoms with E-state index in [0.29, 0.717) is 46.5 Å². The topological polar surface area (TPSA) is 56.3 Å². The number of nitrogens with one attached hydrogen (secondary N) is 1. The molecule has 2 rings (SSSR count). The van der Waals surface area contributed by atoms with Crippen LogP contribution in [0.1, 0.15) is 12.7 Å². The van der Waals surface area contributed by atoms with Crippen molar-refractivity contribution in [3.63, 3.8) is 0 Å². The van der Waals surface area contributed by atoms with E-state index >= 15 is 0 Å². The third kappa shape index (κ3) is 4.46. The second kappa shape index (κ2) is 7.45. The molecule has 0 saturated carbocycles. The van der Waals surface area contributed by atoms with Crippen molar-refractivity contribution in [2.75, 3.05) is 19.0 Å². The molecule has 1 heterocycles. The second-order valence-corrected chi connectivity index (χ2v) is 4.92. The molecule has 0 aliphatic heterocycles. The maximum Gasteiger partial charge on any atom is 0.224 e. The molecule has 0 radical (unpaired) electrons. The molecule has 7 heteroatoms. The van der Waals surface area contributed by atoms with Crippen molar-refractivity contribution in [1.29, 1.82) is 0 Å². The van der Waals surface area contributed by atoms with Crippen LogP contribution in [-0.2, 0) is 11.3 Å². The van der Waals surface area contributed by atoms with E-state index in [0.717, 1.165) is 0 Å². The van der Waals surface area contributed by atoms with Gasteiger partial charge in [0, 0.05) is 24.7 Å². The van der Waals surface area contributed by atoms with Crippen molar-refractivity contribution in [2.24, 2.45) is 0 Å². The smallest absolute Gasteiger partial charge is 0.224 e. The zero-order chi connectivity index (χ0) is 15.2. The third-order valence-corrected chi connectivity index (χ3v) is 3.08. The van der Waals surface area contributed by atoms with Gasteiger partial charge in [-0.3, -0.25) is 0 Å². The van der Waals surface area contributed by atoms with E-state index in [-0.39, 0.29) is 0 Å². The van der Waals surface area contributed by atoms with Crippen LogP contribution in [0.15, 0.2) is 24.3 Å². The highest BCUT2D eigenvalue weighted by Gasteiger charge is 2.09. The van der Waals surface area contributed by atoms with Crippen LogP contribution in [0.3, 0.4) is 0 Å². The average Bonchev–Trinajstić information content (AvgIpc) is 2.48. The lowest BCUT2D eigenvalue weighted by Crippen LogP contribution is -2.04. The first-order valence-corrected chi connectivity index (χ1v) is 7.14. The minimum Gasteiger partial charge on any atom is -0.437 e. The van der Waals surface area contributed by atoms with Gasteiger partial charge in [0.05, 0.1) is 5.02 Å². The number of hydrogen-bond acceptors (Lipinski definition) is 5. The van der Waals surface area contributed by atoms with Crippen molar-refractivity contribution < 1.29 is 9.47 Å². The lowest BCUT2D eigenvalue weighted by molar-refractivity contribution is 0.128. The Labute approximate surface area is 133 Å². The van der Waals surface area contributed by atoms with Crippen LogP contribution in [0.5, 0.6) is 11.6 Å². The number of rotatable bonds is 6. The molecule has 1 N–H and O–H groups in total. The highest BCUT2D eigenvalue weighted by Crippen LogP contribution is 2.31. The van der Waals surface area contributed by atoms with E-state index in [1.165, 1.54) is 0 Å². The van der Waals surface area contributed by atoms with E-state index in [4.69, 9.17) is 32.7 Å². The Balaban J connectivity index is 2.25. The molecule has 21 heavy (non-hydrogen) atoms. The molecule has 0 aliphatic carbocycles. The number of halogens is 2. The Morgan fingerprint density at radius 3 is 2.67 bits per heavy atom. The largest absolute Gasteiger partial charge is 0.437 e. The Morgan fingerprint density at radius 2 is 2.00 bits per heavy atom. The molecule has 5 nitrogen and oxygen atoms in total. The van der Waals surface area contributed by atoms with Crippen molar-refractivity contribution in [3.8, 4) is 11.6 Å². The van der Waals surface area contributed by atoms with Crippen molar-refractivity contribution in [2.45, 2.75) is 13.5 Å². The summed E-state index contributed by atoms with van der Waals surface area (Å²) < 4.78 is 11.0. The molecule has 1 aromatic carbocycles. The van der Waals surface area contributed by atoms with E-state index in [9.17, 15) is 0 Å². The molecule has 0 bridgehead atoms. The van der Waals surface area contributed by atoms with Crippen LogP contribution in [0.4, 0.5) is 5.82 Å². The zero-order valence-electron chi connectivity index (χ0n) is 11.7. The highest BCUT2D eigenvalue weighted by molar-refractivity contribution is 6.35. The summed E-state index contributed by atoms with van der Waals surface area (Å²) in [6, 6.07) is 6.68. The summed E-state index contributed by atoms with van der Waals surface area (Å²) in [6.45, 7) is 2.82. The van der Waals surface area contributed by atoms with Gasteiger partial charge in [-0.05, 0) is 25.1 Å². The van der Waals surface area contributed by atoms with Crippen LogP contribution < -0.4 is 10.1 Å². The summed E-state index contributed by atoms with van der Waals surface area (Å²) in [5.41, 5.74) is 0. The SMILES string of the molecule is CCOCc1nc(NC)cc(Oc2ccc(Cl)cc2Cl)n1. The summed E-state index contributed by atoms with van der Waals surface area (Å²) in [5.74, 6) is 2.03. The van der Waals surface area contributed by atoms with Crippen LogP contribution in [0.25, 0.3) is 0 Å². The van der Waals surface area contributed by atoms with Gasteiger partial charge in [-0.25, -0.2) is 4.98 Å². The summed E-state index contributed by atoms with van der Waals surface area (Å²) in [5, 5.41) is 3.91. The number of nitrogens with zero attached hydrogens (tertiary/aromatic N) is 2. The molecule has 0 atom stereocenters. The zero-order valence-corrected chi connectivity index (χ0v) is 13.2. The number of benzene rings is 1. The fraction of sp³-hybridized carbons (Fsp3) is 0.286. The number of anilines is 1. The Kier molecular flexibility index (Phi) is 5.61. The molecule has 0 saturated heterocycles. The molecule has 112 valence electrons. The van der Waals surface area contributed by atoms with Crippen molar-refractivity contribution >= 4 is 29.0 Å². The Morgan fingerprint density at radius 1 is 1.19 bits per heavy atom. The van der Waals surface area contributed by atoms with Crippen LogP contribution >= 0.6 is 23.2 Å². The van der Waals surface area contributed by atoms with E-state index in [2.05, 4.69) is 15.3 Å². The summed E-state index contributed by atoms with van der Waals surface area (Å²) in [6.07, 6.45) is 0. The van der Waals surface area contributed by atoms with Crippen LogP contribution in [-0.4, -0.2) is 23.6 Å². The van der Waals surface area contributed by atoms with Gasteiger partial charge in [-0.15, -0.1) is 0 Å². The number of ether oxygens (including phenoxy) is 2. The summed E-state index contributed by atoms with van der Waals surface area (Å²) >= 11 is 11.9. The molecular formula is C14H15Cl2N3O2. The highest BCUT2D eigenvalue weighted by atomic mass is 35.5. The number of aromatic nitrogens is 2. The first-order valence-electron chi connectivity index (χ1n) is 6.38. The third-order valence-electron chi connectivity index (χ3n) is 2.55. The van der Waals surface area contributed by atoms with Crippen molar-refractivity contribution in [3.05, 3.63) is 40.1 Å². The van der Waals surface area contributed by atoms with Crippen LogP contribution in [0, 0.1) is 0 Å². The summed E-state index contributed by atoms with van der Waals surface area (Å²) in [4.78, 5) is 8.57. The van der Waals surface area contributed by atoms with Crippen LogP contribution in [0.2, 0.25) is 10.0 Å². The molecule has 0 aliphatic rings. The van der Waals surface area contributed by atoms with Gasteiger partial charge in [0.15, 0.2) is 5.82 Å². The first kappa shape index (κ1) is 15.8. The average molecular weight is 328 g/mol.